The Balaban J connectivity index is 2.43. The van der Waals surface area contributed by atoms with Gasteiger partial charge < -0.3 is 15.4 Å². The average Bonchev–Trinajstić information content (AvgIpc) is 2.84. The van der Waals surface area contributed by atoms with Crippen LogP contribution in [0.3, 0.4) is 0 Å². The smallest absolute Gasteiger partial charge is 0.196 e. The zero-order chi connectivity index (χ0) is 15.5. The Bertz CT molecular complexity index is 515. The highest BCUT2D eigenvalue weighted by molar-refractivity contribution is 5.99. The van der Waals surface area contributed by atoms with Crippen molar-refractivity contribution < 1.29 is 4.74 Å². The molecular weight excluding hydrogens is 262 g/mol. The van der Waals surface area contributed by atoms with Crippen LogP contribution in [0.2, 0.25) is 0 Å². The second-order valence-corrected chi connectivity index (χ2v) is 5.98. The standard InChI is InChI=1S/C17H27N3O/c1-5-13(3)11-17(6-2)12-19-16(18)20(17)14-9-7-8-10-15(14)21-4/h7-10,13H,5-6,11-12H2,1-4H3,(H2,18,19). The van der Waals surface area contributed by atoms with Crippen LogP contribution in [0.5, 0.6) is 5.75 Å². The van der Waals surface area contributed by atoms with Gasteiger partial charge in [0.25, 0.3) is 0 Å². The number of nitrogens with zero attached hydrogens (tertiary/aromatic N) is 2. The monoisotopic (exact) mass is 289 g/mol. The lowest BCUT2D eigenvalue weighted by molar-refractivity contribution is 0.330. The lowest BCUT2D eigenvalue weighted by Crippen LogP contribution is -2.52. The zero-order valence-corrected chi connectivity index (χ0v) is 13.6. The number of aliphatic imine (C=N–C) groups is 1. The minimum absolute atomic E-state index is 0.0336. The Hall–Kier alpha value is -1.71. The highest BCUT2D eigenvalue weighted by atomic mass is 16.5. The molecule has 21 heavy (non-hydrogen) atoms. The van der Waals surface area contributed by atoms with Crippen molar-refractivity contribution in [1.29, 1.82) is 0 Å². The van der Waals surface area contributed by atoms with Gasteiger partial charge in [0.1, 0.15) is 5.75 Å². The fourth-order valence-corrected chi connectivity index (χ4v) is 3.17. The van der Waals surface area contributed by atoms with Crippen molar-refractivity contribution >= 4 is 11.6 Å². The van der Waals surface area contributed by atoms with Crippen LogP contribution in [-0.2, 0) is 0 Å². The fraction of sp³-hybridized carbons (Fsp3) is 0.588. The van der Waals surface area contributed by atoms with Gasteiger partial charge in [-0.05, 0) is 30.9 Å². The van der Waals surface area contributed by atoms with Crippen LogP contribution in [0.25, 0.3) is 0 Å². The van der Waals surface area contributed by atoms with Crippen molar-refractivity contribution in [3.8, 4) is 5.75 Å². The second kappa shape index (κ2) is 6.37. The van der Waals surface area contributed by atoms with Gasteiger partial charge >= 0.3 is 0 Å². The third-order valence-corrected chi connectivity index (χ3v) is 4.65. The summed E-state index contributed by atoms with van der Waals surface area (Å²) >= 11 is 0. The number of ether oxygens (including phenoxy) is 1. The van der Waals surface area contributed by atoms with Crippen LogP contribution in [0, 0.1) is 5.92 Å². The van der Waals surface area contributed by atoms with Crippen LogP contribution in [0.4, 0.5) is 5.69 Å². The van der Waals surface area contributed by atoms with Crippen LogP contribution in [-0.4, -0.2) is 25.2 Å². The van der Waals surface area contributed by atoms with Gasteiger partial charge in [0.2, 0.25) is 0 Å². The number of methoxy groups -OCH3 is 1. The van der Waals surface area contributed by atoms with Crippen molar-refractivity contribution in [2.24, 2.45) is 16.6 Å². The maximum atomic E-state index is 6.22. The maximum absolute atomic E-state index is 6.22. The molecule has 0 aromatic heterocycles. The number of guanidine groups is 1. The molecule has 1 aliphatic heterocycles. The van der Waals surface area contributed by atoms with Crippen LogP contribution in [0.15, 0.2) is 29.3 Å². The van der Waals surface area contributed by atoms with E-state index >= 15 is 0 Å². The Morgan fingerprint density at radius 1 is 1.38 bits per heavy atom. The van der Waals surface area contributed by atoms with Gasteiger partial charge in [0, 0.05) is 0 Å². The van der Waals surface area contributed by atoms with Gasteiger partial charge in [-0.3, -0.25) is 4.99 Å². The fourth-order valence-electron chi connectivity index (χ4n) is 3.17. The van der Waals surface area contributed by atoms with E-state index in [1.165, 1.54) is 6.42 Å². The summed E-state index contributed by atoms with van der Waals surface area (Å²) in [5.41, 5.74) is 7.21. The van der Waals surface area contributed by atoms with Crippen molar-refractivity contribution in [2.75, 3.05) is 18.6 Å². The predicted molar refractivity (Wildman–Crippen MR) is 89.1 cm³/mol. The van der Waals surface area contributed by atoms with Crippen molar-refractivity contribution in [3.05, 3.63) is 24.3 Å². The predicted octanol–water partition coefficient (Wildman–Crippen LogP) is 3.41. The molecule has 4 nitrogen and oxygen atoms in total. The molecule has 0 radical (unpaired) electrons. The van der Waals surface area contributed by atoms with E-state index < -0.39 is 0 Å². The number of para-hydroxylation sites is 2. The van der Waals surface area contributed by atoms with Crippen LogP contribution < -0.4 is 15.4 Å². The van der Waals surface area contributed by atoms with Crippen molar-refractivity contribution in [1.82, 2.24) is 0 Å². The van der Waals surface area contributed by atoms with Gasteiger partial charge in [-0.25, -0.2) is 0 Å². The molecule has 1 aromatic carbocycles. The molecule has 0 spiro atoms. The molecule has 2 rings (SSSR count). The Kier molecular flexibility index (Phi) is 4.76. The van der Waals surface area contributed by atoms with Crippen molar-refractivity contribution in [3.63, 3.8) is 0 Å². The molecule has 1 heterocycles. The van der Waals surface area contributed by atoms with Crippen LogP contribution in [0.1, 0.15) is 40.0 Å². The molecule has 0 fully saturated rings. The first-order chi connectivity index (χ1) is 10.1. The Morgan fingerprint density at radius 2 is 2.10 bits per heavy atom. The van der Waals surface area contributed by atoms with Gasteiger partial charge in [-0.2, -0.15) is 0 Å². The summed E-state index contributed by atoms with van der Waals surface area (Å²) < 4.78 is 5.52. The topological polar surface area (TPSA) is 50.8 Å². The van der Waals surface area contributed by atoms with E-state index in [0.29, 0.717) is 11.9 Å². The molecule has 2 N–H and O–H groups in total. The molecule has 4 heteroatoms. The third-order valence-electron chi connectivity index (χ3n) is 4.65. The summed E-state index contributed by atoms with van der Waals surface area (Å²) in [6.07, 6.45) is 3.27. The van der Waals surface area contributed by atoms with E-state index in [4.69, 9.17) is 10.5 Å². The van der Waals surface area contributed by atoms with Gasteiger partial charge in [0.15, 0.2) is 5.96 Å². The quantitative estimate of drug-likeness (QED) is 0.873. The molecule has 1 aromatic rings. The minimum atomic E-state index is -0.0336. The second-order valence-electron chi connectivity index (χ2n) is 5.98. The maximum Gasteiger partial charge on any atom is 0.196 e. The molecule has 0 aliphatic carbocycles. The number of anilines is 1. The Morgan fingerprint density at radius 3 is 2.71 bits per heavy atom. The summed E-state index contributed by atoms with van der Waals surface area (Å²) in [5, 5.41) is 0. The number of benzene rings is 1. The Labute approximate surface area is 128 Å². The number of nitrogens with two attached hydrogens (primary N) is 1. The number of rotatable bonds is 6. The van der Waals surface area contributed by atoms with Crippen LogP contribution >= 0.6 is 0 Å². The van der Waals surface area contributed by atoms with Crippen molar-refractivity contribution in [2.45, 2.75) is 45.6 Å². The molecule has 116 valence electrons. The molecule has 2 atom stereocenters. The van der Waals surface area contributed by atoms with E-state index in [9.17, 15) is 0 Å². The summed E-state index contributed by atoms with van der Waals surface area (Å²) in [6, 6.07) is 8.04. The molecule has 0 saturated heterocycles. The highest BCUT2D eigenvalue weighted by Gasteiger charge is 2.43. The summed E-state index contributed by atoms with van der Waals surface area (Å²) in [5.74, 6) is 2.09. The number of hydrogen-bond acceptors (Lipinski definition) is 4. The average molecular weight is 289 g/mol. The lowest BCUT2D eigenvalue weighted by atomic mass is 9.83. The zero-order valence-electron chi connectivity index (χ0n) is 13.6. The van der Waals surface area contributed by atoms with E-state index in [0.717, 1.165) is 30.8 Å². The summed E-state index contributed by atoms with van der Waals surface area (Å²) in [7, 11) is 1.70. The first-order valence-corrected chi connectivity index (χ1v) is 7.81. The largest absolute Gasteiger partial charge is 0.495 e. The molecular formula is C17H27N3O. The normalized spacial score (nSPS) is 23.0. The van der Waals surface area contributed by atoms with E-state index in [2.05, 4.69) is 36.7 Å². The molecule has 0 saturated carbocycles. The summed E-state index contributed by atoms with van der Waals surface area (Å²) in [4.78, 5) is 6.74. The van der Waals surface area contributed by atoms with Gasteiger partial charge in [0.05, 0.1) is 24.9 Å². The molecule has 1 aliphatic rings. The van der Waals surface area contributed by atoms with E-state index in [1.54, 1.807) is 7.11 Å². The summed E-state index contributed by atoms with van der Waals surface area (Å²) in [6.45, 7) is 7.52. The SMILES string of the molecule is CCC(C)CC1(CC)CN=C(N)N1c1ccccc1OC. The first kappa shape index (κ1) is 15.7. The molecule has 0 amide bonds. The molecule has 2 unspecified atom stereocenters. The lowest BCUT2D eigenvalue weighted by Gasteiger charge is -2.40. The van der Waals surface area contributed by atoms with E-state index in [1.807, 2.05) is 18.2 Å². The number of hydrogen-bond donors (Lipinski definition) is 1. The minimum Gasteiger partial charge on any atom is -0.495 e. The highest BCUT2D eigenvalue weighted by Crippen LogP contribution is 2.40. The molecule has 0 bridgehead atoms. The van der Waals surface area contributed by atoms with Gasteiger partial charge in [-0.15, -0.1) is 0 Å². The van der Waals surface area contributed by atoms with E-state index in [-0.39, 0.29) is 5.54 Å². The third kappa shape index (κ3) is 2.85. The van der Waals surface area contributed by atoms with Gasteiger partial charge in [-0.1, -0.05) is 39.3 Å². The first-order valence-electron chi connectivity index (χ1n) is 7.81.